The van der Waals surface area contributed by atoms with Crippen molar-refractivity contribution in [3.05, 3.63) is 71.2 Å². The lowest BCUT2D eigenvalue weighted by Crippen LogP contribution is -2.21. The summed E-state index contributed by atoms with van der Waals surface area (Å²) in [7, 11) is 0. The molecule has 2 heterocycles. The number of benzene rings is 1. The number of pyridine rings is 1. The van der Waals surface area contributed by atoms with Gasteiger partial charge in [0.05, 0.1) is 11.4 Å². The highest BCUT2D eigenvalue weighted by Gasteiger charge is 2.15. The molecule has 0 bridgehead atoms. The Bertz CT molecular complexity index is 891. The Morgan fingerprint density at radius 1 is 1.13 bits per heavy atom. The topological polar surface area (TPSA) is 58.8 Å². The second kappa shape index (κ2) is 6.04. The van der Waals surface area contributed by atoms with Gasteiger partial charge in [0.25, 0.3) is 5.91 Å². The van der Waals surface area contributed by atoms with Crippen molar-refractivity contribution in [1.82, 2.24) is 14.8 Å². The van der Waals surface area contributed by atoms with Crippen LogP contribution in [0.2, 0.25) is 0 Å². The van der Waals surface area contributed by atoms with Gasteiger partial charge in [-0.25, -0.2) is 10.4 Å². The van der Waals surface area contributed by atoms with Gasteiger partial charge in [0.15, 0.2) is 0 Å². The van der Waals surface area contributed by atoms with Crippen LogP contribution in [0.5, 0.6) is 0 Å². The van der Waals surface area contributed by atoms with Gasteiger partial charge in [-0.05, 0) is 38.5 Å². The minimum atomic E-state index is -0.271. The van der Waals surface area contributed by atoms with Crippen molar-refractivity contribution in [3.63, 3.8) is 0 Å². The van der Waals surface area contributed by atoms with Gasteiger partial charge in [0.1, 0.15) is 11.3 Å². The van der Waals surface area contributed by atoms with Crippen molar-refractivity contribution in [2.75, 3.05) is 0 Å². The quantitative estimate of drug-likeness (QED) is 0.597. The summed E-state index contributed by atoms with van der Waals surface area (Å²) in [5.74, 6) is -0.271. The summed E-state index contributed by atoms with van der Waals surface area (Å²) < 4.78 is 1.77. The summed E-state index contributed by atoms with van der Waals surface area (Å²) in [6.07, 6.45) is 1.82. The molecule has 3 rings (SSSR count). The summed E-state index contributed by atoms with van der Waals surface area (Å²) in [5, 5.41) is 4.20. The maximum atomic E-state index is 12.5. The number of nitrogens with zero attached hydrogens (tertiary/aromatic N) is 3. The number of hydrogen-bond acceptors (Lipinski definition) is 3. The Morgan fingerprint density at radius 3 is 2.61 bits per heavy atom. The zero-order valence-corrected chi connectivity index (χ0v) is 13.4. The van der Waals surface area contributed by atoms with Crippen LogP contribution in [0, 0.1) is 13.8 Å². The number of carbonyl (C=O) groups is 1. The van der Waals surface area contributed by atoms with E-state index in [0.29, 0.717) is 11.4 Å². The van der Waals surface area contributed by atoms with Gasteiger partial charge in [-0.1, -0.05) is 35.9 Å². The van der Waals surface area contributed by atoms with Crippen LogP contribution in [0.1, 0.15) is 34.2 Å². The smallest absolute Gasteiger partial charge is 0.290 e. The highest BCUT2D eigenvalue weighted by Crippen LogP contribution is 2.11. The molecule has 0 fully saturated rings. The summed E-state index contributed by atoms with van der Waals surface area (Å²) in [6.45, 7) is 5.72. The molecular weight excluding hydrogens is 288 g/mol. The normalized spacial score (nSPS) is 11.7. The SMILES string of the molecule is C/C(=N/NC(=O)c1c(C)nc2ccccn12)c1ccc(C)cc1. The van der Waals surface area contributed by atoms with Gasteiger partial charge in [-0.2, -0.15) is 5.10 Å². The van der Waals surface area contributed by atoms with Crippen LogP contribution < -0.4 is 5.43 Å². The number of imidazole rings is 1. The molecule has 5 heteroatoms. The number of hydrogen-bond donors (Lipinski definition) is 1. The molecule has 3 aromatic rings. The standard InChI is InChI=1S/C18H18N4O/c1-12-7-9-15(10-8-12)13(2)20-21-18(23)17-14(3)19-16-6-4-5-11-22(16)17/h4-11H,1-3H3,(H,21,23)/b20-13-. The zero-order chi connectivity index (χ0) is 16.4. The predicted molar refractivity (Wildman–Crippen MR) is 90.8 cm³/mol. The fraction of sp³-hybridized carbons (Fsp3) is 0.167. The molecule has 1 N–H and O–H groups in total. The lowest BCUT2D eigenvalue weighted by atomic mass is 10.1. The molecule has 5 nitrogen and oxygen atoms in total. The highest BCUT2D eigenvalue weighted by molar-refractivity contribution is 6.00. The third kappa shape index (κ3) is 2.99. The Morgan fingerprint density at radius 2 is 1.87 bits per heavy atom. The van der Waals surface area contributed by atoms with Crippen molar-refractivity contribution in [2.45, 2.75) is 20.8 Å². The third-order valence-electron chi connectivity index (χ3n) is 3.71. The molecule has 1 amide bonds. The summed E-state index contributed by atoms with van der Waals surface area (Å²) >= 11 is 0. The average Bonchev–Trinajstić information content (AvgIpc) is 2.88. The van der Waals surface area contributed by atoms with Gasteiger partial charge in [0, 0.05) is 6.20 Å². The molecule has 116 valence electrons. The second-order valence-electron chi connectivity index (χ2n) is 5.48. The lowest BCUT2D eigenvalue weighted by molar-refractivity contribution is 0.0948. The number of carbonyl (C=O) groups excluding carboxylic acids is 1. The molecule has 0 aliphatic rings. The van der Waals surface area contributed by atoms with Crippen LogP contribution >= 0.6 is 0 Å². The summed E-state index contributed by atoms with van der Waals surface area (Å²) in [5.41, 5.74) is 7.46. The van der Waals surface area contributed by atoms with Crippen LogP contribution in [0.15, 0.2) is 53.8 Å². The number of aromatic nitrogens is 2. The van der Waals surface area contributed by atoms with E-state index in [1.54, 1.807) is 4.40 Å². The number of aryl methyl sites for hydroxylation is 2. The first-order valence-corrected chi connectivity index (χ1v) is 7.41. The minimum Gasteiger partial charge on any atom is -0.295 e. The van der Waals surface area contributed by atoms with Gasteiger partial charge in [-0.3, -0.25) is 9.20 Å². The first kappa shape index (κ1) is 15.0. The summed E-state index contributed by atoms with van der Waals surface area (Å²) in [4.78, 5) is 16.8. The monoisotopic (exact) mass is 306 g/mol. The molecule has 2 aromatic heterocycles. The van der Waals surface area contributed by atoms with Gasteiger partial charge >= 0.3 is 0 Å². The molecule has 0 aliphatic heterocycles. The second-order valence-corrected chi connectivity index (χ2v) is 5.48. The molecule has 23 heavy (non-hydrogen) atoms. The fourth-order valence-electron chi connectivity index (χ4n) is 2.43. The van der Waals surface area contributed by atoms with Crippen LogP contribution in [0.25, 0.3) is 5.65 Å². The van der Waals surface area contributed by atoms with Gasteiger partial charge < -0.3 is 0 Å². The van der Waals surface area contributed by atoms with Crippen LogP contribution in [0.3, 0.4) is 0 Å². The van der Waals surface area contributed by atoms with Crippen molar-refractivity contribution in [2.24, 2.45) is 5.10 Å². The van der Waals surface area contributed by atoms with Crippen molar-refractivity contribution in [1.29, 1.82) is 0 Å². The van der Waals surface area contributed by atoms with E-state index in [1.165, 1.54) is 5.56 Å². The first-order valence-electron chi connectivity index (χ1n) is 7.41. The highest BCUT2D eigenvalue weighted by atomic mass is 16.2. The van der Waals surface area contributed by atoms with E-state index in [9.17, 15) is 4.79 Å². The molecule has 0 aliphatic carbocycles. The third-order valence-corrected chi connectivity index (χ3v) is 3.71. The zero-order valence-electron chi connectivity index (χ0n) is 13.4. The number of nitrogens with one attached hydrogen (secondary N) is 1. The molecule has 0 saturated heterocycles. The van der Waals surface area contributed by atoms with Crippen molar-refractivity contribution in [3.8, 4) is 0 Å². The van der Waals surface area contributed by atoms with Crippen LogP contribution in [-0.4, -0.2) is 21.0 Å². The first-order chi connectivity index (χ1) is 11.1. The maximum absolute atomic E-state index is 12.5. The number of rotatable bonds is 3. The van der Waals surface area contributed by atoms with E-state index in [2.05, 4.69) is 15.5 Å². The minimum absolute atomic E-state index is 0.271. The molecule has 0 radical (unpaired) electrons. The van der Waals surface area contributed by atoms with E-state index < -0.39 is 0 Å². The van der Waals surface area contributed by atoms with Crippen LogP contribution in [0.4, 0.5) is 0 Å². The summed E-state index contributed by atoms with van der Waals surface area (Å²) in [6, 6.07) is 13.6. The largest absolute Gasteiger partial charge is 0.295 e. The molecule has 0 saturated carbocycles. The Kier molecular flexibility index (Phi) is 3.93. The maximum Gasteiger partial charge on any atom is 0.290 e. The average molecular weight is 306 g/mol. The molecule has 0 unspecified atom stereocenters. The number of hydrazone groups is 1. The van der Waals surface area contributed by atoms with E-state index in [0.717, 1.165) is 16.9 Å². The van der Waals surface area contributed by atoms with E-state index >= 15 is 0 Å². The van der Waals surface area contributed by atoms with Crippen molar-refractivity contribution >= 4 is 17.3 Å². The van der Waals surface area contributed by atoms with E-state index in [4.69, 9.17) is 0 Å². The van der Waals surface area contributed by atoms with E-state index in [1.807, 2.05) is 69.4 Å². The molecular formula is C18H18N4O. The lowest BCUT2D eigenvalue weighted by Gasteiger charge is -2.04. The number of amides is 1. The van der Waals surface area contributed by atoms with Crippen LogP contribution in [-0.2, 0) is 0 Å². The van der Waals surface area contributed by atoms with E-state index in [-0.39, 0.29) is 5.91 Å². The van der Waals surface area contributed by atoms with Crippen molar-refractivity contribution < 1.29 is 4.79 Å². The molecule has 0 spiro atoms. The van der Waals surface area contributed by atoms with Gasteiger partial charge in [-0.15, -0.1) is 0 Å². The molecule has 0 atom stereocenters. The van der Waals surface area contributed by atoms with Gasteiger partial charge in [0.2, 0.25) is 0 Å². The fourth-order valence-corrected chi connectivity index (χ4v) is 2.43. The Balaban J connectivity index is 1.85. The predicted octanol–water partition coefficient (Wildman–Crippen LogP) is 3.11. The Labute approximate surface area is 134 Å². The molecule has 1 aromatic carbocycles. The Hall–Kier alpha value is -2.95. The number of fused-ring (bicyclic) bond motifs is 1.